The van der Waals surface area contributed by atoms with Crippen molar-refractivity contribution >= 4 is 29.9 Å². The molecule has 0 heterocycles. The van der Waals surface area contributed by atoms with Crippen molar-refractivity contribution in [2.45, 2.75) is 25.7 Å². The van der Waals surface area contributed by atoms with Crippen LogP contribution in [0, 0.1) is 5.92 Å². The molecule has 1 rings (SSSR count). The summed E-state index contributed by atoms with van der Waals surface area (Å²) in [6, 6.07) is 9.61. The van der Waals surface area contributed by atoms with Crippen LogP contribution in [-0.4, -0.2) is 39.0 Å². The molecule has 0 aliphatic carbocycles. The normalized spacial score (nSPS) is 14.8. The first-order chi connectivity index (χ1) is 10.9. The van der Waals surface area contributed by atoms with E-state index in [4.69, 9.17) is 10.2 Å². The van der Waals surface area contributed by atoms with E-state index in [9.17, 15) is 18.7 Å². The molecular formula is C15H21O6PS. The molecule has 23 heavy (non-hydrogen) atoms. The van der Waals surface area contributed by atoms with E-state index in [0.717, 1.165) is 5.56 Å². The number of rotatable bonds is 11. The zero-order valence-electron chi connectivity index (χ0n) is 12.6. The largest absolute Gasteiger partial charge is 0.481 e. The molecule has 3 N–H and O–H groups in total. The van der Waals surface area contributed by atoms with Gasteiger partial charge in [0.25, 0.3) is 0 Å². The summed E-state index contributed by atoms with van der Waals surface area (Å²) >= 11 is 0.232. The Bertz CT molecular complexity index is 562. The van der Waals surface area contributed by atoms with Gasteiger partial charge >= 0.3 is 11.9 Å². The minimum atomic E-state index is -3.11. The molecule has 0 radical (unpaired) electrons. The second kappa shape index (κ2) is 9.75. The third kappa shape index (κ3) is 7.68. The van der Waals surface area contributed by atoms with Crippen molar-refractivity contribution in [2.24, 2.45) is 5.92 Å². The van der Waals surface area contributed by atoms with E-state index in [1.807, 2.05) is 30.3 Å². The van der Waals surface area contributed by atoms with Crippen LogP contribution in [0.2, 0.25) is 0 Å². The van der Waals surface area contributed by atoms with Gasteiger partial charge in [0.15, 0.2) is 6.34 Å². The van der Waals surface area contributed by atoms with Crippen LogP contribution in [0.25, 0.3) is 0 Å². The van der Waals surface area contributed by atoms with Crippen LogP contribution in [0.5, 0.6) is 0 Å². The van der Waals surface area contributed by atoms with Crippen LogP contribution < -0.4 is 0 Å². The highest BCUT2D eigenvalue weighted by Crippen LogP contribution is 2.58. The molecule has 0 fully saturated rings. The van der Waals surface area contributed by atoms with E-state index in [1.54, 1.807) is 0 Å². The second-order valence-corrected chi connectivity index (χ2v) is 10.5. The van der Waals surface area contributed by atoms with Gasteiger partial charge in [-0.05, 0) is 24.8 Å². The molecule has 0 saturated carbocycles. The Hall–Kier alpha value is -1.30. The Balaban J connectivity index is 2.58. The van der Waals surface area contributed by atoms with E-state index >= 15 is 0 Å². The number of carboxylic acid groups (broad SMARTS) is 2. The van der Waals surface area contributed by atoms with E-state index in [-0.39, 0.29) is 36.8 Å². The minimum absolute atomic E-state index is 0.0894. The lowest BCUT2D eigenvalue weighted by molar-refractivity contribution is -0.142. The maximum atomic E-state index is 12.6. The van der Waals surface area contributed by atoms with Gasteiger partial charge in [0.1, 0.15) is 0 Å². The lowest BCUT2D eigenvalue weighted by Crippen LogP contribution is -2.19. The molecule has 0 amide bonds. The Kier molecular flexibility index (Phi) is 8.37. The van der Waals surface area contributed by atoms with E-state index < -0.39 is 24.2 Å². The maximum absolute atomic E-state index is 12.6. The molecule has 128 valence electrons. The van der Waals surface area contributed by atoms with Gasteiger partial charge in [-0.15, -0.1) is 0 Å². The fourth-order valence-electron chi connectivity index (χ4n) is 2.26. The molecule has 2 unspecified atom stereocenters. The number of hydrogen-bond donors (Lipinski definition) is 3. The third-order valence-corrected chi connectivity index (χ3v) is 7.69. The van der Waals surface area contributed by atoms with Crippen LogP contribution in [-0.2, 0) is 20.6 Å². The fourth-order valence-corrected chi connectivity index (χ4v) is 5.61. The molecule has 0 spiro atoms. The smallest absolute Gasteiger partial charge is 0.307 e. The van der Waals surface area contributed by atoms with Crippen LogP contribution in [0.15, 0.2) is 30.3 Å². The van der Waals surface area contributed by atoms with Crippen molar-refractivity contribution in [1.29, 1.82) is 0 Å². The van der Waals surface area contributed by atoms with Gasteiger partial charge in [0.2, 0.25) is 0 Å². The fraction of sp³-hybridized carbons (Fsp3) is 0.467. The van der Waals surface area contributed by atoms with Gasteiger partial charge < -0.3 is 19.3 Å². The second-order valence-electron chi connectivity index (χ2n) is 5.36. The highest BCUT2D eigenvalue weighted by atomic mass is 32.7. The van der Waals surface area contributed by atoms with Crippen molar-refractivity contribution in [3.63, 3.8) is 0 Å². The monoisotopic (exact) mass is 360 g/mol. The average molecular weight is 360 g/mol. The third-order valence-electron chi connectivity index (χ3n) is 3.51. The lowest BCUT2D eigenvalue weighted by atomic mass is 10.1. The van der Waals surface area contributed by atoms with Gasteiger partial charge in [-0.3, -0.25) is 9.59 Å². The molecule has 0 aliphatic rings. The van der Waals surface area contributed by atoms with E-state index in [0.29, 0.717) is 12.8 Å². The molecule has 0 saturated heterocycles. The molecule has 6 nitrogen and oxygen atoms in total. The summed E-state index contributed by atoms with van der Waals surface area (Å²) < 4.78 is 22.0. The molecular weight excluding hydrogens is 339 g/mol. The van der Waals surface area contributed by atoms with Crippen molar-refractivity contribution in [2.75, 3.05) is 12.3 Å². The number of aliphatic carboxylic acids is 2. The Morgan fingerprint density at radius 2 is 1.83 bits per heavy atom. The molecule has 1 aromatic carbocycles. The Morgan fingerprint density at radius 1 is 1.17 bits per heavy atom. The predicted octanol–water partition coefficient (Wildman–Crippen LogP) is 3.67. The number of hydrogen-bond acceptors (Lipinski definition) is 5. The first kappa shape index (κ1) is 19.7. The molecule has 8 heteroatoms. The first-order valence-electron chi connectivity index (χ1n) is 7.26. The Labute approximate surface area is 139 Å². The van der Waals surface area contributed by atoms with E-state index in [2.05, 4.69) is 0 Å². The molecule has 0 bridgehead atoms. The summed E-state index contributed by atoms with van der Waals surface area (Å²) in [5.41, 5.74) is 1.09. The summed E-state index contributed by atoms with van der Waals surface area (Å²) in [4.78, 5) is 21.8. The minimum Gasteiger partial charge on any atom is -0.481 e. The topological polar surface area (TPSA) is 112 Å². The van der Waals surface area contributed by atoms with E-state index in [1.165, 1.54) is 0 Å². The van der Waals surface area contributed by atoms with Crippen LogP contribution in [0.1, 0.15) is 24.8 Å². The van der Waals surface area contributed by atoms with Crippen LogP contribution in [0.3, 0.4) is 0 Å². The van der Waals surface area contributed by atoms with Crippen molar-refractivity contribution in [1.82, 2.24) is 0 Å². The highest BCUT2D eigenvalue weighted by Gasteiger charge is 2.31. The zero-order chi connectivity index (χ0) is 17.3. The van der Waals surface area contributed by atoms with Gasteiger partial charge in [-0.25, -0.2) is 0 Å². The van der Waals surface area contributed by atoms with Crippen molar-refractivity contribution < 1.29 is 28.9 Å². The summed E-state index contributed by atoms with van der Waals surface area (Å²) in [6.45, 7) is 0. The Morgan fingerprint density at radius 3 is 2.35 bits per heavy atom. The summed E-state index contributed by atoms with van der Waals surface area (Å²) in [7, 11) is 0. The number of aryl methyl sites for hydroxylation is 1. The van der Waals surface area contributed by atoms with Crippen molar-refractivity contribution in [3.05, 3.63) is 35.9 Å². The van der Waals surface area contributed by atoms with Gasteiger partial charge in [0.05, 0.1) is 17.6 Å². The van der Waals surface area contributed by atoms with Crippen molar-refractivity contribution in [3.8, 4) is 0 Å². The van der Waals surface area contributed by atoms with Gasteiger partial charge in [-0.1, -0.05) is 30.3 Å². The van der Waals surface area contributed by atoms with Gasteiger partial charge in [0, 0.05) is 18.7 Å². The quantitative estimate of drug-likeness (QED) is 0.408. The van der Waals surface area contributed by atoms with Crippen LogP contribution >= 0.6 is 18.0 Å². The molecule has 1 aromatic rings. The lowest BCUT2D eigenvalue weighted by Gasteiger charge is -2.18. The summed E-state index contributed by atoms with van der Waals surface area (Å²) in [5.74, 6) is -3.29. The average Bonchev–Trinajstić information content (AvgIpc) is 2.52. The highest BCUT2D eigenvalue weighted by molar-refractivity contribution is 8.55. The molecule has 2 atom stereocenters. The summed E-state index contributed by atoms with van der Waals surface area (Å²) in [5, 5.41) is 17.8. The zero-order valence-corrected chi connectivity index (χ0v) is 14.3. The number of carbonyl (C=O) groups is 2. The standard InChI is InChI=1S/C15H21O6PS/c16-14(17)9-8-13(15(18)19)11-22(20,23-21)10-4-7-12-5-2-1-3-6-12/h1-3,5-6,13,21H,4,7-11H2,(H,16,17)(H,18,19). The summed E-state index contributed by atoms with van der Waals surface area (Å²) in [6.07, 6.45) is -2.20. The number of benzene rings is 1. The SMILES string of the molecule is O=C(O)CCC(CP(=O)(CCCc1ccccc1)SO)C(=O)O. The van der Waals surface area contributed by atoms with Crippen LogP contribution in [0.4, 0.5) is 0 Å². The maximum Gasteiger partial charge on any atom is 0.307 e. The molecule has 0 aliphatic heterocycles. The van der Waals surface area contributed by atoms with Gasteiger partial charge in [-0.2, -0.15) is 0 Å². The predicted molar refractivity (Wildman–Crippen MR) is 90.3 cm³/mol. The molecule has 0 aromatic heterocycles. The number of carboxylic acids is 2. The first-order valence-corrected chi connectivity index (χ1v) is 10.7.